The Labute approximate surface area is 79.4 Å². The number of nitrogens with two attached hydrogens (primary N) is 1. The molecule has 0 aliphatic carbocycles. The van der Waals surface area contributed by atoms with Crippen molar-refractivity contribution in [3.63, 3.8) is 0 Å². The summed E-state index contributed by atoms with van der Waals surface area (Å²) in [6.07, 6.45) is 3.66. The van der Waals surface area contributed by atoms with Gasteiger partial charge in [-0.25, -0.2) is 9.97 Å². The number of aromatic nitrogens is 2. The molecule has 72 valence electrons. The van der Waals surface area contributed by atoms with Crippen molar-refractivity contribution in [2.75, 3.05) is 0 Å². The van der Waals surface area contributed by atoms with Crippen LogP contribution in [0.5, 0.6) is 0 Å². The lowest BCUT2D eigenvalue weighted by molar-refractivity contribution is 0.473. The van der Waals surface area contributed by atoms with Gasteiger partial charge in [0.25, 0.3) is 0 Å². The van der Waals surface area contributed by atoms with E-state index >= 15 is 0 Å². The van der Waals surface area contributed by atoms with E-state index in [-0.39, 0.29) is 5.54 Å². The van der Waals surface area contributed by atoms with E-state index < -0.39 is 0 Å². The van der Waals surface area contributed by atoms with Gasteiger partial charge in [-0.1, -0.05) is 0 Å². The van der Waals surface area contributed by atoms with E-state index in [1.807, 2.05) is 26.8 Å². The van der Waals surface area contributed by atoms with E-state index in [9.17, 15) is 0 Å². The van der Waals surface area contributed by atoms with E-state index in [4.69, 9.17) is 5.73 Å². The zero-order valence-corrected chi connectivity index (χ0v) is 8.54. The molecule has 0 bridgehead atoms. The molecule has 1 heterocycles. The second-order valence-corrected chi connectivity index (χ2v) is 4.08. The summed E-state index contributed by atoms with van der Waals surface area (Å²) in [4.78, 5) is 8.35. The van der Waals surface area contributed by atoms with Crippen molar-refractivity contribution in [3.05, 3.63) is 23.8 Å². The molecular weight excluding hydrogens is 162 g/mol. The summed E-state index contributed by atoms with van der Waals surface area (Å²) in [6, 6.07) is 1.94. The van der Waals surface area contributed by atoms with Gasteiger partial charge in [0, 0.05) is 17.4 Å². The van der Waals surface area contributed by atoms with Crippen molar-refractivity contribution < 1.29 is 0 Å². The van der Waals surface area contributed by atoms with Crippen LogP contribution in [0.2, 0.25) is 0 Å². The van der Waals surface area contributed by atoms with E-state index in [2.05, 4.69) is 9.97 Å². The predicted octanol–water partition coefficient (Wildman–Crippen LogP) is 1.45. The van der Waals surface area contributed by atoms with Gasteiger partial charge in [-0.15, -0.1) is 0 Å². The molecule has 1 rings (SSSR count). The summed E-state index contributed by atoms with van der Waals surface area (Å²) < 4.78 is 0. The Morgan fingerprint density at radius 3 is 2.69 bits per heavy atom. The monoisotopic (exact) mass is 179 g/mol. The zero-order chi connectivity index (χ0) is 9.90. The molecule has 0 aliphatic heterocycles. The average molecular weight is 179 g/mol. The fraction of sp³-hybridized carbons (Fsp3) is 0.600. The Hall–Kier alpha value is -0.960. The molecule has 1 aromatic heterocycles. The SMILES string of the molecule is Cc1nccc(CCC(C)(C)N)n1. The first-order chi connectivity index (χ1) is 5.97. The number of hydrogen-bond donors (Lipinski definition) is 1. The van der Waals surface area contributed by atoms with E-state index in [0.717, 1.165) is 24.4 Å². The van der Waals surface area contributed by atoms with Gasteiger partial charge in [-0.2, -0.15) is 0 Å². The van der Waals surface area contributed by atoms with Crippen LogP contribution in [0.4, 0.5) is 0 Å². The Bertz CT molecular complexity index is 276. The number of nitrogens with zero attached hydrogens (tertiary/aromatic N) is 2. The molecule has 0 aliphatic rings. The lowest BCUT2D eigenvalue weighted by Crippen LogP contribution is -2.32. The van der Waals surface area contributed by atoms with Crippen LogP contribution in [0.3, 0.4) is 0 Å². The first-order valence-electron chi connectivity index (χ1n) is 4.55. The quantitative estimate of drug-likeness (QED) is 0.764. The summed E-state index contributed by atoms with van der Waals surface area (Å²) in [7, 11) is 0. The van der Waals surface area contributed by atoms with Gasteiger partial charge in [0.05, 0.1) is 0 Å². The molecule has 0 saturated heterocycles. The standard InChI is InChI=1S/C10H17N3/c1-8-12-7-5-9(13-8)4-6-10(2,3)11/h5,7H,4,6,11H2,1-3H3. The molecule has 2 N–H and O–H groups in total. The maximum absolute atomic E-state index is 5.88. The van der Waals surface area contributed by atoms with Crippen LogP contribution in [0, 0.1) is 6.92 Å². The third kappa shape index (κ3) is 3.99. The third-order valence-corrected chi connectivity index (χ3v) is 1.86. The summed E-state index contributed by atoms with van der Waals surface area (Å²) in [6.45, 7) is 5.96. The summed E-state index contributed by atoms with van der Waals surface area (Å²) >= 11 is 0. The summed E-state index contributed by atoms with van der Waals surface area (Å²) in [5.74, 6) is 0.826. The molecule has 0 aromatic carbocycles. The largest absolute Gasteiger partial charge is 0.326 e. The van der Waals surface area contributed by atoms with Crippen LogP contribution >= 0.6 is 0 Å². The smallest absolute Gasteiger partial charge is 0.125 e. The predicted molar refractivity (Wildman–Crippen MR) is 53.4 cm³/mol. The first kappa shape index (κ1) is 10.1. The van der Waals surface area contributed by atoms with Crippen molar-refractivity contribution in [2.45, 2.75) is 39.2 Å². The minimum Gasteiger partial charge on any atom is -0.326 e. The molecule has 0 atom stereocenters. The molecule has 1 aromatic rings. The molecular formula is C10H17N3. The lowest BCUT2D eigenvalue weighted by Gasteiger charge is -2.17. The number of rotatable bonds is 3. The van der Waals surface area contributed by atoms with Gasteiger partial charge < -0.3 is 5.73 Å². The van der Waals surface area contributed by atoms with Crippen LogP contribution in [-0.4, -0.2) is 15.5 Å². The minimum absolute atomic E-state index is 0.112. The second-order valence-electron chi connectivity index (χ2n) is 4.08. The van der Waals surface area contributed by atoms with Crippen molar-refractivity contribution >= 4 is 0 Å². The molecule has 0 saturated carbocycles. The van der Waals surface area contributed by atoms with Crippen LogP contribution in [0.25, 0.3) is 0 Å². The average Bonchev–Trinajstić information content (AvgIpc) is 2.00. The molecule has 13 heavy (non-hydrogen) atoms. The van der Waals surface area contributed by atoms with Gasteiger partial charge in [0.2, 0.25) is 0 Å². The maximum atomic E-state index is 5.88. The highest BCUT2D eigenvalue weighted by molar-refractivity contribution is 5.02. The Morgan fingerprint density at radius 2 is 2.15 bits per heavy atom. The van der Waals surface area contributed by atoms with Crippen molar-refractivity contribution in [1.82, 2.24) is 9.97 Å². The number of aryl methyl sites for hydroxylation is 2. The lowest BCUT2D eigenvalue weighted by atomic mass is 9.99. The summed E-state index contributed by atoms with van der Waals surface area (Å²) in [5.41, 5.74) is 6.84. The van der Waals surface area contributed by atoms with Crippen LogP contribution in [0.15, 0.2) is 12.3 Å². The van der Waals surface area contributed by atoms with Crippen molar-refractivity contribution in [3.8, 4) is 0 Å². The van der Waals surface area contributed by atoms with Gasteiger partial charge in [-0.05, 0) is 39.7 Å². The molecule has 0 amide bonds. The van der Waals surface area contributed by atoms with Gasteiger partial charge >= 0.3 is 0 Å². The van der Waals surface area contributed by atoms with Crippen LogP contribution in [0.1, 0.15) is 31.8 Å². The summed E-state index contributed by atoms with van der Waals surface area (Å²) in [5, 5.41) is 0. The van der Waals surface area contributed by atoms with Crippen LogP contribution in [-0.2, 0) is 6.42 Å². The first-order valence-corrected chi connectivity index (χ1v) is 4.55. The second kappa shape index (κ2) is 3.83. The van der Waals surface area contributed by atoms with Crippen LogP contribution < -0.4 is 5.73 Å². The fourth-order valence-electron chi connectivity index (χ4n) is 1.09. The Balaban J connectivity index is 2.55. The van der Waals surface area contributed by atoms with Gasteiger partial charge in [-0.3, -0.25) is 0 Å². The highest BCUT2D eigenvalue weighted by Crippen LogP contribution is 2.08. The van der Waals surface area contributed by atoms with E-state index in [1.54, 1.807) is 6.20 Å². The number of hydrogen-bond acceptors (Lipinski definition) is 3. The maximum Gasteiger partial charge on any atom is 0.125 e. The van der Waals surface area contributed by atoms with E-state index in [0.29, 0.717) is 0 Å². The molecule has 0 fully saturated rings. The topological polar surface area (TPSA) is 51.8 Å². The zero-order valence-electron chi connectivity index (χ0n) is 8.54. The highest BCUT2D eigenvalue weighted by atomic mass is 14.9. The molecule has 3 nitrogen and oxygen atoms in total. The van der Waals surface area contributed by atoms with Gasteiger partial charge in [0.1, 0.15) is 5.82 Å². The molecule has 0 radical (unpaired) electrons. The Kier molecular flexibility index (Phi) is 2.98. The molecule has 3 heteroatoms. The van der Waals surface area contributed by atoms with E-state index in [1.165, 1.54) is 0 Å². The van der Waals surface area contributed by atoms with Gasteiger partial charge in [0.15, 0.2) is 0 Å². The Morgan fingerprint density at radius 1 is 1.46 bits per heavy atom. The third-order valence-electron chi connectivity index (χ3n) is 1.86. The molecule has 0 unspecified atom stereocenters. The fourth-order valence-corrected chi connectivity index (χ4v) is 1.09. The molecule has 0 spiro atoms. The van der Waals surface area contributed by atoms with Crippen molar-refractivity contribution in [2.24, 2.45) is 5.73 Å². The highest BCUT2D eigenvalue weighted by Gasteiger charge is 2.10. The minimum atomic E-state index is -0.112. The van der Waals surface area contributed by atoms with Crippen molar-refractivity contribution in [1.29, 1.82) is 0 Å². The normalized spacial score (nSPS) is 11.7.